The Kier molecular flexibility index (Phi) is 5.67. The Morgan fingerprint density at radius 2 is 2.00 bits per heavy atom. The van der Waals surface area contributed by atoms with Crippen LogP contribution in [0.5, 0.6) is 5.75 Å². The summed E-state index contributed by atoms with van der Waals surface area (Å²) in [6.07, 6.45) is 1.04. The molecule has 0 aromatic heterocycles. The first-order valence-electron chi connectivity index (χ1n) is 7.01. The number of rotatable bonds is 6. The lowest BCUT2D eigenvalue weighted by Gasteiger charge is -2.22. The molecule has 0 aliphatic heterocycles. The van der Waals surface area contributed by atoms with Crippen molar-refractivity contribution in [2.45, 2.75) is 39.5 Å². The van der Waals surface area contributed by atoms with Gasteiger partial charge >= 0.3 is 0 Å². The summed E-state index contributed by atoms with van der Waals surface area (Å²) in [6.45, 7) is 10.5. The van der Waals surface area contributed by atoms with Gasteiger partial charge in [0.2, 0.25) is 0 Å². The molecule has 1 unspecified atom stereocenters. The normalized spacial score (nSPS) is 13.2. The van der Waals surface area contributed by atoms with Crippen LogP contribution in [0.4, 0.5) is 5.69 Å². The maximum absolute atomic E-state index is 5.58. The molecule has 0 radical (unpaired) electrons. The van der Waals surface area contributed by atoms with Gasteiger partial charge in [-0.15, -0.1) is 0 Å². The summed E-state index contributed by atoms with van der Waals surface area (Å²) in [4.78, 5) is 0. The molecule has 0 aliphatic carbocycles. The number of anilines is 1. The van der Waals surface area contributed by atoms with E-state index in [0.717, 1.165) is 30.9 Å². The third-order valence-electron chi connectivity index (χ3n) is 3.37. The van der Waals surface area contributed by atoms with Crippen LogP contribution in [0.25, 0.3) is 0 Å². The summed E-state index contributed by atoms with van der Waals surface area (Å²) >= 11 is 0. The predicted octanol–water partition coefficient (Wildman–Crippen LogP) is 3.39. The van der Waals surface area contributed by atoms with E-state index in [2.05, 4.69) is 45.1 Å². The van der Waals surface area contributed by atoms with Gasteiger partial charge < -0.3 is 15.8 Å². The quantitative estimate of drug-likeness (QED) is 0.828. The molecule has 0 heterocycles. The lowest BCUT2D eigenvalue weighted by molar-refractivity contribution is 0.415. The minimum Gasteiger partial charge on any atom is -0.495 e. The highest BCUT2D eigenvalue weighted by Crippen LogP contribution is 2.31. The molecule has 1 aromatic carbocycles. The number of hydrogen-bond acceptors (Lipinski definition) is 3. The Morgan fingerprint density at radius 3 is 2.53 bits per heavy atom. The van der Waals surface area contributed by atoms with Crippen LogP contribution in [0.15, 0.2) is 18.2 Å². The van der Waals surface area contributed by atoms with E-state index in [1.165, 1.54) is 5.56 Å². The van der Waals surface area contributed by atoms with E-state index in [0.29, 0.717) is 5.92 Å². The summed E-state index contributed by atoms with van der Waals surface area (Å²) in [5.74, 6) is 1.46. The molecular formula is C16H28N2O. The Labute approximate surface area is 117 Å². The molecule has 0 fully saturated rings. The van der Waals surface area contributed by atoms with Gasteiger partial charge in [-0.1, -0.05) is 33.8 Å². The SMILES string of the molecule is COc1ccc(C(C)(C)C)cc1NCC(C)CCN. The molecule has 3 heteroatoms. The molecule has 108 valence electrons. The molecule has 1 rings (SSSR count). The van der Waals surface area contributed by atoms with Crippen molar-refractivity contribution in [3.05, 3.63) is 23.8 Å². The molecular weight excluding hydrogens is 236 g/mol. The van der Waals surface area contributed by atoms with Crippen molar-refractivity contribution in [3.63, 3.8) is 0 Å². The molecule has 1 atom stereocenters. The van der Waals surface area contributed by atoms with Gasteiger partial charge in [-0.3, -0.25) is 0 Å². The monoisotopic (exact) mass is 264 g/mol. The first-order valence-corrected chi connectivity index (χ1v) is 7.01. The second-order valence-electron chi connectivity index (χ2n) is 6.23. The van der Waals surface area contributed by atoms with E-state index in [9.17, 15) is 0 Å². The molecule has 0 amide bonds. The molecule has 0 bridgehead atoms. The highest BCUT2D eigenvalue weighted by atomic mass is 16.5. The van der Waals surface area contributed by atoms with E-state index >= 15 is 0 Å². The van der Waals surface area contributed by atoms with E-state index in [1.807, 2.05) is 6.07 Å². The van der Waals surface area contributed by atoms with Gasteiger partial charge in [-0.05, 0) is 42.0 Å². The minimum atomic E-state index is 0.144. The zero-order chi connectivity index (χ0) is 14.5. The zero-order valence-electron chi connectivity index (χ0n) is 12.9. The summed E-state index contributed by atoms with van der Waals surface area (Å²) in [5.41, 5.74) is 8.10. The van der Waals surface area contributed by atoms with Crippen LogP contribution in [0.2, 0.25) is 0 Å². The summed E-state index contributed by atoms with van der Waals surface area (Å²) in [6, 6.07) is 6.36. The fourth-order valence-electron chi connectivity index (χ4n) is 1.98. The minimum absolute atomic E-state index is 0.144. The standard InChI is InChI=1S/C16H28N2O/c1-12(8-9-17)11-18-14-10-13(16(2,3)4)6-7-15(14)19-5/h6-7,10,12,18H,8-9,11,17H2,1-5H3. The van der Waals surface area contributed by atoms with E-state index in [1.54, 1.807) is 7.11 Å². The van der Waals surface area contributed by atoms with Crippen molar-refractivity contribution in [2.24, 2.45) is 11.7 Å². The molecule has 0 saturated carbocycles. The maximum Gasteiger partial charge on any atom is 0.141 e. The predicted molar refractivity (Wildman–Crippen MR) is 83.0 cm³/mol. The van der Waals surface area contributed by atoms with Crippen LogP contribution in [0.3, 0.4) is 0 Å². The number of methoxy groups -OCH3 is 1. The molecule has 3 N–H and O–H groups in total. The summed E-state index contributed by atoms with van der Waals surface area (Å²) in [7, 11) is 1.71. The number of benzene rings is 1. The summed E-state index contributed by atoms with van der Waals surface area (Å²) < 4.78 is 5.42. The first-order chi connectivity index (χ1) is 8.88. The van der Waals surface area contributed by atoms with Gasteiger partial charge in [-0.25, -0.2) is 0 Å². The Balaban J connectivity index is 2.84. The Hall–Kier alpha value is -1.22. The van der Waals surface area contributed by atoms with E-state index < -0.39 is 0 Å². The van der Waals surface area contributed by atoms with Crippen molar-refractivity contribution >= 4 is 5.69 Å². The summed E-state index contributed by atoms with van der Waals surface area (Å²) in [5, 5.41) is 3.48. The highest BCUT2D eigenvalue weighted by Gasteiger charge is 2.16. The van der Waals surface area contributed by atoms with Gasteiger partial charge in [0.25, 0.3) is 0 Å². The first kappa shape index (κ1) is 15.8. The van der Waals surface area contributed by atoms with Crippen LogP contribution in [-0.4, -0.2) is 20.2 Å². The number of hydrogen-bond donors (Lipinski definition) is 2. The zero-order valence-corrected chi connectivity index (χ0v) is 12.9. The second kappa shape index (κ2) is 6.80. The van der Waals surface area contributed by atoms with Crippen LogP contribution >= 0.6 is 0 Å². The average molecular weight is 264 g/mol. The van der Waals surface area contributed by atoms with Crippen molar-refractivity contribution in [2.75, 3.05) is 25.5 Å². The molecule has 0 spiro atoms. The fraction of sp³-hybridized carbons (Fsp3) is 0.625. The van der Waals surface area contributed by atoms with Crippen molar-refractivity contribution in [1.29, 1.82) is 0 Å². The van der Waals surface area contributed by atoms with E-state index in [-0.39, 0.29) is 5.41 Å². The van der Waals surface area contributed by atoms with Gasteiger partial charge in [0.15, 0.2) is 0 Å². The largest absolute Gasteiger partial charge is 0.495 e. The van der Waals surface area contributed by atoms with Gasteiger partial charge in [0, 0.05) is 6.54 Å². The maximum atomic E-state index is 5.58. The number of nitrogens with one attached hydrogen (secondary N) is 1. The topological polar surface area (TPSA) is 47.3 Å². The molecule has 3 nitrogen and oxygen atoms in total. The van der Waals surface area contributed by atoms with Gasteiger partial charge in [0.1, 0.15) is 5.75 Å². The van der Waals surface area contributed by atoms with Crippen LogP contribution in [-0.2, 0) is 5.41 Å². The van der Waals surface area contributed by atoms with Crippen LogP contribution in [0, 0.1) is 5.92 Å². The second-order valence-corrected chi connectivity index (χ2v) is 6.23. The number of ether oxygens (including phenoxy) is 1. The highest BCUT2D eigenvalue weighted by molar-refractivity contribution is 5.59. The molecule has 0 saturated heterocycles. The average Bonchev–Trinajstić information content (AvgIpc) is 2.35. The van der Waals surface area contributed by atoms with Crippen LogP contribution < -0.4 is 15.8 Å². The van der Waals surface area contributed by atoms with E-state index in [4.69, 9.17) is 10.5 Å². The van der Waals surface area contributed by atoms with Crippen LogP contribution in [0.1, 0.15) is 39.7 Å². The lowest BCUT2D eigenvalue weighted by atomic mass is 9.87. The van der Waals surface area contributed by atoms with Crippen molar-refractivity contribution in [3.8, 4) is 5.75 Å². The molecule has 1 aromatic rings. The van der Waals surface area contributed by atoms with Gasteiger partial charge in [-0.2, -0.15) is 0 Å². The number of nitrogens with two attached hydrogens (primary N) is 1. The van der Waals surface area contributed by atoms with Crippen molar-refractivity contribution in [1.82, 2.24) is 0 Å². The molecule has 19 heavy (non-hydrogen) atoms. The third-order valence-corrected chi connectivity index (χ3v) is 3.37. The fourth-order valence-corrected chi connectivity index (χ4v) is 1.98. The Morgan fingerprint density at radius 1 is 1.32 bits per heavy atom. The smallest absolute Gasteiger partial charge is 0.141 e. The third kappa shape index (κ3) is 4.75. The Bertz CT molecular complexity index is 396. The van der Waals surface area contributed by atoms with Gasteiger partial charge in [0.05, 0.1) is 12.8 Å². The van der Waals surface area contributed by atoms with Crippen molar-refractivity contribution < 1.29 is 4.74 Å². The lowest BCUT2D eigenvalue weighted by Crippen LogP contribution is -2.16. The molecule has 0 aliphatic rings.